The minimum atomic E-state index is -0.626. The van der Waals surface area contributed by atoms with Crippen molar-refractivity contribution in [2.24, 2.45) is 0 Å². The molecule has 0 bridgehead atoms. The van der Waals surface area contributed by atoms with Crippen LogP contribution in [0, 0.1) is 6.92 Å². The van der Waals surface area contributed by atoms with Crippen LogP contribution in [0.3, 0.4) is 0 Å². The van der Waals surface area contributed by atoms with Crippen LogP contribution in [0.2, 0.25) is 0 Å². The Labute approximate surface area is 197 Å². The lowest BCUT2D eigenvalue weighted by Crippen LogP contribution is -2.43. The lowest BCUT2D eigenvalue weighted by Gasteiger charge is -2.14. The highest BCUT2D eigenvalue weighted by atomic mass is 16.5. The number of amides is 1. The van der Waals surface area contributed by atoms with E-state index in [1.807, 2.05) is 32.2 Å². The molecule has 0 aliphatic heterocycles. The second-order valence-corrected chi connectivity index (χ2v) is 6.94. The fraction of sp³-hybridized carbons (Fsp3) is 0.423. The normalized spacial score (nSPS) is 12.4. The van der Waals surface area contributed by atoms with Gasteiger partial charge in [-0.15, -0.1) is 0 Å². The summed E-state index contributed by atoms with van der Waals surface area (Å²) >= 11 is 0. The van der Waals surface area contributed by atoms with Crippen molar-refractivity contribution in [1.29, 1.82) is 0 Å². The van der Waals surface area contributed by atoms with Gasteiger partial charge in [0.2, 0.25) is 5.91 Å². The predicted molar refractivity (Wildman–Crippen MR) is 135 cm³/mol. The molecule has 0 spiro atoms. The molecular weight excluding hydrogens is 418 g/mol. The third-order valence-corrected chi connectivity index (χ3v) is 4.32. The van der Waals surface area contributed by atoms with Gasteiger partial charge in [0.05, 0.1) is 6.54 Å². The first kappa shape index (κ1) is 29.8. The Kier molecular flexibility index (Phi) is 16.6. The zero-order valence-corrected chi connectivity index (χ0v) is 20.7. The molecule has 7 nitrogen and oxygen atoms in total. The molecule has 2 aromatic rings. The van der Waals surface area contributed by atoms with E-state index in [0.29, 0.717) is 0 Å². The van der Waals surface area contributed by atoms with E-state index in [-0.39, 0.29) is 19.1 Å². The number of aromatic amines is 1. The van der Waals surface area contributed by atoms with Crippen molar-refractivity contribution in [1.82, 2.24) is 15.6 Å². The summed E-state index contributed by atoms with van der Waals surface area (Å²) in [5.74, 6) is -0.641. The minimum absolute atomic E-state index is 0.186. The maximum atomic E-state index is 11.6. The number of fused-ring (bicyclic) bond motifs is 1. The second kappa shape index (κ2) is 18.4. The van der Waals surface area contributed by atoms with E-state index in [2.05, 4.69) is 52.9 Å². The Bertz CT molecular complexity index is 900. The number of likely N-dealkylation sites (N-methyl/N-ethyl adjacent to an activating group) is 1. The van der Waals surface area contributed by atoms with Crippen LogP contribution in [0.4, 0.5) is 0 Å². The third-order valence-electron chi connectivity index (χ3n) is 4.32. The number of esters is 1. The van der Waals surface area contributed by atoms with Gasteiger partial charge in [-0.2, -0.15) is 0 Å². The maximum absolute atomic E-state index is 11.6. The monoisotopic (exact) mass is 457 g/mol. The fourth-order valence-corrected chi connectivity index (χ4v) is 2.78. The summed E-state index contributed by atoms with van der Waals surface area (Å²) in [7, 11) is 1.67. The van der Waals surface area contributed by atoms with Gasteiger partial charge in [0.25, 0.3) is 0 Å². The number of hydrogen-bond acceptors (Lipinski definition) is 5. The average molecular weight is 458 g/mol. The van der Waals surface area contributed by atoms with Gasteiger partial charge in [-0.3, -0.25) is 4.79 Å². The number of carbonyl (C=O) groups is 3. The highest BCUT2D eigenvalue weighted by molar-refractivity contribution is 5.85. The zero-order valence-electron chi connectivity index (χ0n) is 20.7. The molecule has 1 aromatic heterocycles. The van der Waals surface area contributed by atoms with E-state index in [0.717, 1.165) is 24.7 Å². The largest absolute Gasteiger partial charge is 0.459 e. The number of H-pyrrole nitrogens is 1. The molecule has 33 heavy (non-hydrogen) atoms. The van der Waals surface area contributed by atoms with Crippen molar-refractivity contribution in [2.45, 2.75) is 53.5 Å². The summed E-state index contributed by atoms with van der Waals surface area (Å²) in [5, 5.41) is 6.59. The van der Waals surface area contributed by atoms with E-state index in [9.17, 15) is 9.59 Å². The number of allylic oxidation sites excluding steroid dienone is 2. The van der Waals surface area contributed by atoms with Gasteiger partial charge in [0, 0.05) is 17.1 Å². The highest BCUT2D eigenvalue weighted by Gasteiger charge is 2.16. The lowest BCUT2D eigenvalue weighted by molar-refractivity contribution is -0.146. The number of aromatic nitrogens is 1. The molecule has 182 valence electrons. The van der Waals surface area contributed by atoms with Crippen LogP contribution in [-0.4, -0.2) is 49.4 Å². The lowest BCUT2D eigenvalue weighted by atomic mass is 10.1. The molecule has 1 atom stereocenters. The summed E-state index contributed by atoms with van der Waals surface area (Å²) in [6.45, 7) is 9.62. The number of ether oxygens (including phenoxy) is 1. The fourth-order valence-electron chi connectivity index (χ4n) is 2.78. The van der Waals surface area contributed by atoms with Gasteiger partial charge >= 0.3 is 5.97 Å². The quantitative estimate of drug-likeness (QED) is 0.445. The first-order valence-electron chi connectivity index (χ1n) is 11.3. The molecule has 1 amide bonds. The zero-order chi connectivity index (χ0) is 25.1. The Hall–Kier alpha value is -3.19. The van der Waals surface area contributed by atoms with Crippen molar-refractivity contribution >= 4 is 29.1 Å². The standard InChI is InChI=1S/C13H20N2O3.C9H9N.C2H4O.C2H6/c1-10(15-12(16)8-14-2)13(17)18-9-11-6-4-3-5-7-11;1-7-6-10-9-5-3-2-4-8(7)9;1-2-3;1-2/h4,6-7,10,14H,3,5,8-9H2,1-2H3,(H,15,16);2-6,10H,1H3;2H,1H3;1-2H3. The summed E-state index contributed by atoms with van der Waals surface area (Å²) in [6.07, 6.45) is 10.9. The SMILES string of the molecule is CC.CC=O.CNCC(=O)NC(C)C(=O)OCC1=CCCC=C1.Cc1c[nH]c2ccccc12. The van der Waals surface area contributed by atoms with Gasteiger partial charge in [-0.25, -0.2) is 4.79 Å². The van der Waals surface area contributed by atoms with E-state index in [4.69, 9.17) is 9.53 Å². The smallest absolute Gasteiger partial charge is 0.328 e. The minimum Gasteiger partial charge on any atom is -0.459 e. The molecule has 0 saturated heterocycles. The van der Waals surface area contributed by atoms with Gasteiger partial charge in [-0.1, -0.05) is 50.3 Å². The summed E-state index contributed by atoms with van der Waals surface area (Å²) in [4.78, 5) is 34.9. The first-order valence-corrected chi connectivity index (χ1v) is 11.3. The third kappa shape index (κ3) is 12.4. The molecule has 0 saturated carbocycles. The van der Waals surface area contributed by atoms with Crippen LogP contribution >= 0.6 is 0 Å². The number of benzene rings is 1. The molecule has 1 aliphatic rings. The number of para-hydroxylation sites is 1. The molecule has 1 aliphatic carbocycles. The maximum Gasteiger partial charge on any atom is 0.328 e. The van der Waals surface area contributed by atoms with Crippen molar-refractivity contribution in [3.05, 3.63) is 59.8 Å². The molecule has 3 rings (SSSR count). The Morgan fingerprint density at radius 1 is 1.21 bits per heavy atom. The van der Waals surface area contributed by atoms with Gasteiger partial charge in [0.15, 0.2) is 0 Å². The van der Waals surface area contributed by atoms with Crippen LogP contribution in [0.5, 0.6) is 0 Å². The molecule has 1 aromatic carbocycles. The molecular formula is C26H39N3O4. The first-order chi connectivity index (χ1) is 15.9. The molecule has 3 N–H and O–H groups in total. The number of carbonyl (C=O) groups excluding carboxylic acids is 3. The topological polar surface area (TPSA) is 100 Å². The Morgan fingerprint density at radius 3 is 2.45 bits per heavy atom. The van der Waals surface area contributed by atoms with E-state index >= 15 is 0 Å². The predicted octanol–water partition coefficient (Wildman–Crippen LogP) is 4.24. The molecule has 1 heterocycles. The number of rotatable bonds is 6. The molecule has 0 fully saturated rings. The highest BCUT2D eigenvalue weighted by Crippen LogP contribution is 2.15. The van der Waals surface area contributed by atoms with Crippen molar-refractivity contribution in [2.75, 3.05) is 20.2 Å². The second-order valence-electron chi connectivity index (χ2n) is 6.94. The van der Waals surface area contributed by atoms with Gasteiger partial charge in [-0.05, 0) is 57.9 Å². The molecule has 1 unspecified atom stereocenters. The number of aryl methyl sites for hydroxylation is 1. The average Bonchev–Trinajstić information content (AvgIpc) is 3.21. The number of aldehydes is 1. The molecule has 0 radical (unpaired) electrons. The van der Waals surface area contributed by atoms with Gasteiger partial charge < -0.3 is 25.1 Å². The molecule has 7 heteroatoms. The summed E-state index contributed by atoms with van der Waals surface area (Å²) < 4.78 is 5.13. The van der Waals surface area contributed by atoms with E-state index in [1.54, 1.807) is 14.0 Å². The van der Waals surface area contributed by atoms with Crippen LogP contribution in [0.15, 0.2) is 54.3 Å². The summed E-state index contributed by atoms with van der Waals surface area (Å²) in [5.41, 5.74) is 3.54. The Balaban J connectivity index is 0.000000569. The van der Waals surface area contributed by atoms with Crippen LogP contribution in [0.1, 0.15) is 46.1 Å². The van der Waals surface area contributed by atoms with Gasteiger partial charge in [0.1, 0.15) is 18.9 Å². The van der Waals surface area contributed by atoms with Crippen molar-refractivity contribution in [3.63, 3.8) is 0 Å². The summed E-state index contributed by atoms with van der Waals surface area (Å²) in [6, 6.07) is 7.68. The van der Waals surface area contributed by atoms with Crippen molar-refractivity contribution in [3.8, 4) is 0 Å². The van der Waals surface area contributed by atoms with Crippen LogP contribution in [0.25, 0.3) is 10.9 Å². The van der Waals surface area contributed by atoms with Crippen LogP contribution in [-0.2, 0) is 19.1 Å². The number of nitrogens with one attached hydrogen (secondary N) is 3. The van der Waals surface area contributed by atoms with Crippen molar-refractivity contribution < 1.29 is 19.1 Å². The Morgan fingerprint density at radius 2 is 1.88 bits per heavy atom. The van der Waals surface area contributed by atoms with E-state index < -0.39 is 12.0 Å². The van der Waals surface area contributed by atoms with E-state index in [1.165, 1.54) is 23.4 Å². The van der Waals surface area contributed by atoms with Crippen LogP contribution < -0.4 is 10.6 Å². The number of hydrogen-bond donors (Lipinski definition) is 3.